The van der Waals surface area contributed by atoms with Crippen molar-refractivity contribution in [2.45, 2.75) is 39.3 Å². The molecule has 1 N–H and O–H groups in total. The Labute approximate surface area is 134 Å². The summed E-state index contributed by atoms with van der Waals surface area (Å²) in [5.74, 6) is 0.473. The van der Waals surface area contributed by atoms with Gasteiger partial charge in [-0.25, -0.2) is 9.78 Å². The van der Waals surface area contributed by atoms with Gasteiger partial charge in [0.25, 0.3) is 0 Å². The summed E-state index contributed by atoms with van der Waals surface area (Å²) >= 11 is 7.28. The molecule has 0 saturated carbocycles. The molecule has 0 aromatic carbocycles. The van der Waals surface area contributed by atoms with Crippen molar-refractivity contribution >= 4 is 29.0 Å². The van der Waals surface area contributed by atoms with Gasteiger partial charge in [-0.1, -0.05) is 11.6 Å². The first-order valence-corrected chi connectivity index (χ1v) is 8.32. The number of halogens is 1. The minimum Gasteiger partial charge on any atom is -0.444 e. The molecule has 0 aliphatic carbocycles. The Morgan fingerprint density at radius 3 is 3.00 bits per heavy atom. The minimum absolute atomic E-state index is 0.209. The molecule has 1 saturated heterocycles. The molecule has 1 aliphatic heterocycles. The number of rotatable bonds is 4. The maximum Gasteiger partial charge on any atom is 0.410 e. The monoisotopic (exact) mass is 331 g/mol. The highest BCUT2D eigenvalue weighted by atomic mass is 35.5. The van der Waals surface area contributed by atoms with Gasteiger partial charge in [0.05, 0.1) is 0 Å². The zero-order chi connectivity index (χ0) is 15.5. The van der Waals surface area contributed by atoms with Crippen LogP contribution in [0.1, 0.15) is 32.1 Å². The molecule has 5 nitrogen and oxygen atoms in total. The Morgan fingerprint density at radius 1 is 1.62 bits per heavy atom. The number of carbonyl (C=O) groups excluding carboxylic acids is 1. The van der Waals surface area contributed by atoms with Crippen LogP contribution in [0.3, 0.4) is 0 Å². The van der Waals surface area contributed by atoms with Crippen LogP contribution in [0.2, 0.25) is 4.47 Å². The van der Waals surface area contributed by atoms with E-state index in [1.165, 1.54) is 11.3 Å². The van der Waals surface area contributed by atoms with Crippen LogP contribution < -0.4 is 5.32 Å². The van der Waals surface area contributed by atoms with Crippen molar-refractivity contribution in [1.29, 1.82) is 0 Å². The number of amides is 1. The molecule has 1 atom stereocenters. The summed E-state index contributed by atoms with van der Waals surface area (Å²) in [6.07, 6.45) is 2.59. The Kier molecular flexibility index (Phi) is 5.46. The normalized spacial score (nSPS) is 19.0. The molecule has 21 heavy (non-hydrogen) atoms. The Hall–Kier alpha value is -0.850. The van der Waals surface area contributed by atoms with Crippen molar-refractivity contribution in [3.05, 3.63) is 15.5 Å². The molecule has 1 aliphatic rings. The van der Waals surface area contributed by atoms with Crippen molar-refractivity contribution in [2.24, 2.45) is 5.92 Å². The number of nitrogens with zero attached hydrogens (tertiary/aromatic N) is 2. The first-order valence-electron chi connectivity index (χ1n) is 7.12. The van der Waals surface area contributed by atoms with Gasteiger partial charge in [-0.3, -0.25) is 0 Å². The maximum absolute atomic E-state index is 12.0. The van der Waals surface area contributed by atoms with Crippen LogP contribution >= 0.6 is 22.9 Å². The third-order valence-electron chi connectivity index (χ3n) is 3.20. The lowest BCUT2D eigenvalue weighted by molar-refractivity contribution is 0.0288. The van der Waals surface area contributed by atoms with Crippen molar-refractivity contribution in [1.82, 2.24) is 15.2 Å². The lowest BCUT2D eigenvalue weighted by atomic mass is 10.1. The van der Waals surface area contributed by atoms with E-state index in [1.807, 2.05) is 20.8 Å². The summed E-state index contributed by atoms with van der Waals surface area (Å²) in [5.41, 5.74) is -0.432. The van der Waals surface area contributed by atoms with Crippen molar-refractivity contribution in [3.63, 3.8) is 0 Å². The average molecular weight is 332 g/mol. The minimum atomic E-state index is -0.432. The third kappa shape index (κ3) is 5.45. The molecule has 0 unspecified atom stereocenters. The molecule has 1 fully saturated rings. The number of carbonyl (C=O) groups is 1. The summed E-state index contributed by atoms with van der Waals surface area (Å²) in [7, 11) is 0. The number of thiazole rings is 1. The molecule has 1 aromatic heterocycles. The molecule has 118 valence electrons. The largest absolute Gasteiger partial charge is 0.444 e. The molecule has 1 amide bonds. The number of hydrogen-bond acceptors (Lipinski definition) is 5. The van der Waals surface area contributed by atoms with Gasteiger partial charge >= 0.3 is 6.09 Å². The highest BCUT2D eigenvalue weighted by Crippen LogP contribution is 2.20. The van der Waals surface area contributed by atoms with Crippen molar-refractivity contribution in [3.8, 4) is 0 Å². The summed E-state index contributed by atoms with van der Waals surface area (Å²) < 4.78 is 5.96. The van der Waals surface area contributed by atoms with Gasteiger partial charge in [-0.15, -0.1) is 11.3 Å². The van der Waals surface area contributed by atoms with Crippen LogP contribution in [-0.2, 0) is 11.3 Å². The van der Waals surface area contributed by atoms with E-state index in [1.54, 1.807) is 11.1 Å². The van der Waals surface area contributed by atoms with Gasteiger partial charge in [0.15, 0.2) is 4.47 Å². The number of likely N-dealkylation sites (tertiary alicyclic amines) is 1. The van der Waals surface area contributed by atoms with E-state index >= 15 is 0 Å². The second-order valence-corrected chi connectivity index (χ2v) is 7.99. The number of hydrogen-bond donors (Lipinski definition) is 1. The van der Waals surface area contributed by atoms with E-state index in [0.29, 0.717) is 10.4 Å². The fourth-order valence-corrected chi connectivity index (χ4v) is 3.20. The van der Waals surface area contributed by atoms with Gasteiger partial charge in [-0.05, 0) is 33.1 Å². The Morgan fingerprint density at radius 2 is 2.38 bits per heavy atom. The molecular weight excluding hydrogens is 310 g/mol. The predicted molar refractivity (Wildman–Crippen MR) is 84.7 cm³/mol. The first kappa shape index (κ1) is 16.5. The van der Waals surface area contributed by atoms with Crippen LogP contribution in [-0.4, -0.2) is 41.2 Å². The summed E-state index contributed by atoms with van der Waals surface area (Å²) in [4.78, 5) is 18.9. The van der Waals surface area contributed by atoms with Crippen LogP contribution in [0.4, 0.5) is 4.79 Å². The fourth-order valence-electron chi connectivity index (χ4n) is 2.26. The second-order valence-electron chi connectivity index (χ2n) is 6.29. The Bertz CT molecular complexity index is 487. The number of aromatic nitrogens is 1. The fraction of sp³-hybridized carbons (Fsp3) is 0.714. The summed E-state index contributed by atoms with van der Waals surface area (Å²) in [6, 6.07) is 0. The smallest absolute Gasteiger partial charge is 0.410 e. The highest BCUT2D eigenvalue weighted by molar-refractivity contribution is 7.15. The molecular formula is C14H22ClN3O2S. The van der Waals surface area contributed by atoms with Crippen LogP contribution in [0, 0.1) is 5.92 Å². The zero-order valence-corrected chi connectivity index (χ0v) is 14.3. The third-order valence-corrected chi connectivity index (χ3v) is 4.31. The second kappa shape index (κ2) is 6.94. The molecule has 0 spiro atoms. The van der Waals surface area contributed by atoms with Gasteiger partial charge in [-0.2, -0.15) is 0 Å². The van der Waals surface area contributed by atoms with E-state index < -0.39 is 5.60 Å². The van der Waals surface area contributed by atoms with Gasteiger partial charge in [0, 0.05) is 37.3 Å². The van der Waals surface area contributed by atoms with E-state index in [9.17, 15) is 4.79 Å². The zero-order valence-electron chi connectivity index (χ0n) is 12.7. The molecule has 2 heterocycles. The van der Waals surface area contributed by atoms with E-state index in [0.717, 1.165) is 37.5 Å². The lowest BCUT2D eigenvalue weighted by Crippen LogP contribution is -2.36. The Balaban J connectivity index is 1.69. The van der Waals surface area contributed by atoms with Gasteiger partial charge in [0.2, 0.25) is 0 Å². The lowest BCUT2D eigenvalue weighted by Gasteiger charge is -2.24. The SMILES string of the molecule is CC(C)(C)OC(=O)N1CC[C@H](CNCc2cnc(Cl)s2)C1. The quantitative estimate of drug-likeness (QED) is 0.921. The highest BCUT2D eigenvalue weighted by Gasteiger charge is 2.29. The van der Waals surface area contributed by atoms with Crippen LogP contribution in [0.25, 0.3) is 0 Å². The predicted octanol–water partition coefficient (Wildman–Crippen LogP) is 3.14. The number of ether oxygens (including phenoxy) is 1. The molecule has 0 bridgehead atoms. The first-order chi connectivity index (χ1) is 9.83. The van der Waals surface area contributed by atoms with Crippen LogP contribution in [0.5, 0.6) is 0 Å². The van der Waals surface area contributed by atoms with Crippen LogP contribution in [0.15, 0.2) is 6.20 Å². The van der Waals surface area contributed by atoms with E-state index in [4.69, 9.17) is 16.3 Å². The van der Waals surface area contributed by atoms with Crippen molar-refractivity contribution < 1.29 is 9.53 Å². The maximum atomic E-state index is 12.0. The summed E-state index contributed by atoms with van der Waals surface area (Å²) in [6.45, 7) is 8.85. The number of nitrogens with one attached hydrogen (secondary N) is 1. The summed E-state index contributed by atoms with van der Waals surface area (Å²) in [5, 5.41) is 3.40. The molecule has 7 heteroatoms. The molecule has 0 radical (unpaired) electrons. The van der Waals surface area contributed by atoms with Gasteiger partial charge < -0.3 is 15.0 Å². The molecule has 2 rings (SSSR count). The molecule has 1 aromatic rings. The topological polar surface area (TPSA) is 54.5 Å². The van der Waals surface area contributed by atoms with E-state index in [-0.39, 0.29) is 6.09 Å². The van der Waals surface area contributed by atoms with Gasteiger partial charge in [0.1, 0.15) is 5.60 Å². The average Bonchev–Trinajstić information content (AvgIpc) is 2.97. The standard InChI is InChI=1S/C14H22ClN3O2S/c1-14(2,3)20-13(19)18-5-4-10(9-18)6-16-7-11-8-17-12(15)21-11/h8,10,16H,4-7,9H2,1-3H3/t10-/m1/s1. The van der Waals surface area contributed by atoms with Crippen molar-refractivity contribution in [2.75, 3.05) is 19.6 Å². The van der Waals surface area contributed by atoms with E-state index in [2.05, 4.69) is 10.3 Å².